The van der Waals surface area contributed by atoms with Gasteiger partial charge in [-0.05, 0) is 18.2 Å². The van der Waals surface area contributed by atoms with Crippen LogP contribution in [0, 0.1) is 11.6 Å². The fraction of sp³-hybridized carbons (Fsp3) is 0.286. The first kappa shape index (κ1) is 15.9. The molecule has 0 aliphatic heterocycles. The molecule has 2 aromatic rings. The van der Waals surface area contributed by atoms with Crippen LogP contribution >= 0.6 is 0 Å². The molecule has 1 heterocycles. The Morgan fingerprint density at radius 1 is 1.36 bits per heavy atom. The minimum absolute atomic E-state index is 0.180. The van der Waals surface area contributed by atoms with E-state index in [0.717, 1.165) is 17.8 Å². The molecule has 1 aromatic carbocycles. The van der Waals surface area contributed by atoms with Crippen LogP contribution in [0.2, 0.25) is 0 Å². The third kappa shape index (κ3) is 4.52. The maximum atomic E-state index is 13.3. The van der Waals surface area contributed by atoms with Crippen LogP contribution < -0.4 is 10.1 Å². The van der Waals surface area contributed by atoms with E-state index in [9.17, 15) is 13.6 Å². The summed E-state index contributed by atoms with van der Waals surface area (Å²) < 4.78 is 35.9. The van der Waals surface area contributed by atoms with Gasteiger partial charge in [0, 0.05) is 13.2 Å². The van der Waals surface area contributed by atoms with Gasteiger partial charge in [0.05, 0.1) is 24.5 Å². The van der Waals surface area contributed by atoms with E-state index in [2.05, 4.69) is 15.5 Å². The number of nitrogens with one attached hydrogen (secondary N) is 2. The van der Waals surface area contributed by atoms with Crippen molar-refractivity contribution in [2.45, 2.75) is 13.2 Å². The maximum absolute atomic E-state index is 13.3. The quantitative estimate of drug-likeness (QED) is 0.813. The van der Waals surface area contributed by atoms with Gasteiger partial charge in [-0.3, -0.25) is 9.89 Å². The third-order valence-corrected chi connectivity index (χ3v) is 2.70. The van der Waals surface area contributed by atoms with E-state index < -0.39 is 17.5 Å². The molecule has 8 heteroatoms. The summed E-state index contributed by atoms with van der Waals surface area (Å²) in [7, 11) is 1.56. The normalized spacial score (nSPS) is 10.5. The molecule has 2 N–H and O–H groups in total. The molecule has 0 atom stereocenters. The van der Waals surface area contributed by atoms with Crippen LogP contribution in [0.15, 0.2) is 24.3 Å². The Hall–Kier alpha value is -2.48. The summed E-state index contributed by atoms with van der Waals surface area (Å²) in [6.45, 7) is 0.226. The molecule has 0 aliphatic carbocycles. The molecule has 6 nitrogen and oxygen atoms in total. The second kappa shape index (κ2) is 7.51. The lowest BCUT2D eigenvalue weighted by Gasteiger charge is -2.07. The second-order valence-electron chi connectivity index (χ2n) is 4.46. The molecule has 1 amide bonds. The first-order chi connectivity index (χ1) is 10.6. The average molecular weight is 311 g/mol. The Bertz CT molecular complexity index is 646. The van der Waals surface area contributed by atoms with Gasteiger partial charge in [-0.25, -0.2) is 8.78 Å². The van der Waals surface area contributed by atoms with Gasteiger partial charge in [-0.1, -0.05) is 0 Å². The molecule has 0 aliphatic rings. The first-order valence-corrected chi connectivity index (χ1v) is 6.45. The number of hydrogen-bond acceptors (Lipinski definition) is 4. The lowest BCUT2D eigenvalue weighted by molar-refractivity contribution is -0.123. The number of ether oxygens (including phenoxy) is 2. The molecule has 0 fully saturated rings. The van der Waals surface area contributed by atoms with Gasteiger partial charge in [0.15, 0.2) is 18.2 Å². The highest BCUT2D eigenvalue weighted by atomic mass is 19.1. The Morgan fingerprint density at radius 3 is 2.91 bits per heavy atom. The average Bonchev–Trinajstić information content (AvgIpc) is 2.92. The number of carbonyl (C=O) groups is 1. The van der Waals surface area contributed by atoms with E-state index in [4.69, 9.17) is 9.47 Å². The van der Waals surface area contributed by atoms with Crippen LogP contribution in [-0.4, -0.2) is 29.8 Å². The van der Waals surface area contributed by atoms with Crippen molar-refractivity contribution in [3.8, 4) is 5.75 Å². The molecular weight excluding hydrogens is 296 g/mol. The van der Waals surface area contributed by atoms with E-state index in [1.165, 1.54) is 0 Å². The summed E-state index contributed by atoms with van der Waals surface area (Å²) in [6, 6.07) is 4.63. The fourth-order valence-electron chi connectivity index (χ4n) is 1.70. The van der Waals surface area contributed by atoms with Crippen LogP contribution in [0.5, 0.6) is 5.75 Å². The molecular formula is C14H15F2N3O3. The fourth-order valence-corrected chi connectivity index (χ4v) is 1.70. The smallest absolute Gasteiger partial charge is 0.258 e. The largest absolute Gasteiger partial charge is 0.481 e. The summed E-state index contributed by atoms with van der Waals surface area (Å²) in [6.07, 6.45) is 0. The monoisotopic (exact) mass is 311 g/mol. The molecule has 0 bridgehead atoms. The number of hydrogen-bond donors (Lipinski definition) is 2. The zero-order valence-corrected chi connectivity index (χ0v) is 11.9. The molecule has 0 unspecified atom stereocenters. The van der Waals surface area contributed by atoms with Gasteiger partial charge >= 0.3 is 0 Å². The topological polar surface area (TPSA) is 76.2 Å². The minimum Gasteiger partial charge on any atom is -0.481 e. The lowest BCUT2D eigenvalue weighted by Crippen LogP contribution is -2.28. The Balaban J connectivity index is 1.77. The predicted molar refractivity (Wildman–Crippen MR) is 73.0 cm³/mol. The van der Waals surface area contributed by atoms with E-state index in [0.29, 0.717) is 18.4 Å². The third-order valence-electron chi connectivity index (χ3n) is 2.70. The number of rotatable bonds is 7. The summed E-state index contributed by atoms with van der Waals surface area (Å²) in [4.78, 5) is 11.6. The number of aromatic amines is 1. The molecule has 0 saturated carbocycles. The van der Waals surface area contributed by atoms with Gasteiger partial charge in [0.2, 0.25) is 0 Å². The zero-order chi connectivity index (χ0) is 15.9. The highest BCUT2D eigenvalue weighted by Gasteiger charge is 2.08. The van der Waals surface area contributed by atoms with Gasteiger partial charge in [0.1, 0.15) is 5.82 Å². The SMILES string of the molecule is COCc1cc(CNC(=O)COc2ccc(F)cc2F)[nH]n1. The van der Waals surface area contributed by atoms with Gasteiger partial charge < -0.3 is 14.8 Å². The van der Waals surface area contributed by atoms with Gasteiger partial charge in [-0.2, -0.15) is 5.10 Å². The minimum atomic E-state index is -0.856. The van der Waals surface area contributed by atoms with Crippen molar-refractivity contribution in [2.24, 2.45) is 0 Å². The number of H-pyrrole nitrogens is 1. The number of amides is 1. The van der Waals surface area contributed by atoms with Gasteiger partial charge in [0.25, 0.3) is 5.91 Å². The highest BCUT2D eigenvalue weighted by molar-refractivity contribution is 5.77. The zero-order valence-electron chi connectivity index (χ0n) is 11.9. The number of halogens is 2. The number of aromatic nitrogens is 2. The van der Waals surface area contributed by atoms with Crippen molar-refractivity contribution in [1.82, 2.24) is 15.5 Å². The van der Waals surface area contributed by atoms with Crippen molar-refractivity contribution in [3.63, 3.8) is 0 Å². The standard InChI is InChI=1S/C14H15F2N3O3/c1-21-7-11-5-10(18-19-11)6-17-14(20)8-22-13-3-2-9(15)4-12(13)16/h2-5H,6-8H2,1H3,(H,17,20)(H,18,19). The van der Waals surface area contributed by atoms with Crippen LogP contribution in [0.4, 0.5) is 8.78 Å². The lowest BCUT2D eigenvalue weighted by atomic mass is 10.3. The summed E-state index contributed by atoms with van der Waals surface area (Å²) in [5, 5.41) is 9.31. The molecule has 2 rings (SSSR count). The van der Waals surface area contributed by atoms with Gasteiger partial charge in [-0.15, -0.1) is 0 Å². The summed E-state index contributed by atoms with van der Waals surface area (Å²) in [5.41, 5.74) is 1.42. The highest BCUT2D eigenvalue weighted by Crippen LogP contribution is 2.17. The van der Waals surface area contributed by atoms with Crippen LogP contribution in [-0.2, 0) is 22.7 Å². The molecule has 0 spiro atoms. The van der Waals surface area contributed by atoms with Crippen LogP contribution in [0.3, 0.4) is 0 Å². The number of benzene rings is 1. The number of methoxy groups -OCH3 is 1. The molecule has 1 aromatic heterocycles. The van der Waals surface area contributed by atoms with E-state index >= 15 is 0 Å². The van der Waals surface area contributed by atoms with E-state index in [1.54, 1.807) is 13.2 Å². The van der Waals surface area contributed by atoms with Crippen LogP contribution in [0.1, 0.15) is 11.4 Å². The Morgan fingerprint density at radius 2 is 2.18 bits per heavy atom. The number of carbonyl (C=O) groups excluding carboxylic acids is 1. The second-order valence-corrected chi connectivity index (χ2v) is 4.46. The first-order valence-electron chi connectivity index (χ1n) is 6.45. The summed E-state index contributed by atoms with van der Waals surface area (Å²) >= 11 is 0. The van der Waals surface area contributed by atoms with Crippen molar-refractivity contribution < 1.29 is 23.0 Å². The summed E-state index contributed by atoms with van der Waals surface area (Å²) in [5.74, 6) is -2.18. The predicted octanol–water partition coefficient (Wildman–Crippen LogP) is 1.53. The number of nitrogens with zero attached hydrogens (tertiary/aromatic N) is 1. The maximum Gasteiger partial charge on any atom is 0.258 e. The Labute approximate surface area is 125 Å². The molecule has 0 radical (unpaired) electrons. The molecule has 0 saturated heterocycles. The van der Waals surface area contributed by atoms with E-state index in [-0.39, 0.29) is 18.9 Å². The Kier molecular flexibility index (Phi) is 5.42. The molecule has 118 valence electrons. The van der Waals surface area contributed by atoms with Crippen molar-refractivity contribution in [3.05, 3.63) is 47.3 Å². The van der Waals surface area contributed by atoms with Crippen molar-refractivity contribution >= 4 is 5.91 Å². The molecule has 22 heavy (non-hydrogen) atoms. The van der Waals surface area contributed by atoms with Crippen molar-refractivity contribution in [1.29, 1.82) is 0 Å². The van der Waals surface area contributed by atoms with Crippen molar-refractivity contribution in [2.75, 3.05) is 13.7 Å². The van der Waals surface area contributed by atoms with E-state index in [1.807, 2.05) is 0 Å². The van der Waals surface area contributed by atoms with Crippen LogP contribution in [0.25, 0.3) is 0 Å².